The summed E-state index contributed by atoms with van der Waals surface area (Å²) in [6.07, 6.45) is 1.68. The van der Waals surface area contributed by atoms with Crippen LogP contribution in [0.25, 0.3) is 10.9 Å². The molecule has 3 aromatic rings. The number of carbonyl (C=O) groups is 1. The molecule has 23 heavy (non-hydrogen) atoms. The molecule has 1 amide bonds. The van der Waals surface area contributed by atoms with E-state index >= 15 is 0 Å². The van der Waals surface area contributed by atoms with Crippen LogP contribution >= 0.6 is 11.6 Å². The minimum atomic E-state index is -0.290. The lowest BCUT2D eigenvalue weighted by molar-refractivity contribution is 0.0955. The average molecular weight is 326 g/mol. The van der Waals surface area contributed by atoms with Gasteiger partial charge in [0.2, 0.25) is 0 Å². The summed E-state index contributed by atoms with van der Waals surface area (Å²) in [6.45, 7) is 2.03. The maximum atomic E-state index is 12.1. The van der Waals surface area contributed by atoms with E-state index in [4.69, 9.17) is 11.6 Å². The second-order valence-corrected chi connectivity index (χ2v) is 5.72. The van der Waals surface area contributed by atoms with Crippen molar-refractivity contribution in [3.8, 4) is 0 Å². The van der Waals surface area contributed by atoms with E-state index in [1.165, 1.54) is 0 Å². The van der Waals surface area contributed by atoms with Gasteiger partial charge in [-0.2, -0.15) is 5.10 Å². The molecule has 0 aliphatic heterocycles. The van der Waals surface area contributed by atoms with E-state index in [2.05, 4.69) is 21.2 Å². The standard InChI is InChI=1S/C18H16ClN3O/c1-12-16(15-8-3-4-9-17(15)22(12)2)11-20-21-18(23)13-6-5-7-14(19)10-13/h3-11H,1-2H3,(H,21,23)/b20-11+. The molecule has 2 aromatic carbocycles. The molecule has 1 heterocycles. The maximum absolute atomic E-state index is 12.1. The highest BCUT2D eigenvalue weighted by Gasteiger charge is 2.09. The van der Waals surface area contributed by atoms with Gasteiger partial charge in [0, 0.05) is 39.8 Å². The molecule has 0 fully saturated rings. The van der Waals surface area contributed by atoms with Gasteiger partial charge in [0.25, 0.3) is 5.91 Å². The molecule has 0 atom stereocenters. The first kappa shape index (κ1) is 15.3. The second-order valence-electron chi connectivity index (χ2n) is 5.28. The summed E-state index contributed by atoms with van der Waals surface area (Å²) in [4.78, 5) is 12.1. The van der Waals surface area contributed by atoms with Gasteiger partial charge in [-0.05, 0) is 31.2 Å². The van der Waals surface area contributed by atoms with Crippen LogP contribution in [0.4, 0.5) is 0 Å². The van der Waals surface area contributed by atoms with Crippen LogP contribution in [0.3, 0.4) is 0 Å². The van der Waals surface area contributed by atoms with Crippen LogP contribution in [0.5, 0.6) is 0 Å². The quantitative estimate of drug-likeness (QED) is 0.576. The van der Waals surface area contributed by atoms with E-state index in [1.54, 1.807) is 30.5 Å². The third kappa shape index (κ3) is 2.98. The van der Waals surface area contributed by atoms with Crippen LogP contribution in [0.15, 0.2) is 53.6 Å². The summed E-state index contributed by atoms with van der Waals surface area (Å²) >= 11 is 5.89. The second kappa shape index (κ2) is 6.26. The highest BCUT2D eigenvalue weighted by atomic mass is 35.5. The molecule has 0 aliphatic rings. The van der Waals surface area contributed by atoms with Gasteiger partial charge in [-0.25, -0.2) is 5.43 Å². The lowest BCUT2D eigenvalue weighted by atomic mass is 10.1. The molecule has 0 saturated carbocycles. The van der Waals surface area contributed by atoms with E-state index in [0.717, 1.165) is 22.2 Å². The fourth-order valence-corrected chi connectivity index (χ4v) is 2.75. The Morgan fingerprint density at radius 1 is 1.22 bits per heavy atom. The summed E-state index contributed by atoms with van der Waals surface area (Å²) in [7, 11) is 2.01. The van der Waals surface area contributed by atoms with Crippen LogP contribution in [0.1, 0.15) is 21.6 Å². The molecule has 116 valence electrons. The maximum Gasteiger partial charge on any atom is 0.271 e. The Kier molecular flexibility index (Phi) is 4.17. The number of halogens is 1. The molecule has 0 unspecified atom stereocenters. The van der Waals surface area contributed by atoms with E-state index < -0.39 is 0 Å². The third-order valence-electron chi connectivity index (χ3n) is 3.90. The van der Waals surface area contributed by atoms with Gasteiger partial charge < -0.3 is 4.57 Å². The number of nitrogens with one attached hydrogen (secondary N) is 1. The molecule has 0 aliphatic carbocycles. The topological polar surface area (TPSA) is 46.4 Å². The fraction of sp³-hybridized carbons (Fsp3) is 0.111. The normalized spacial score (nSPS) is 11.3. The van der Waals surface area contributed by atoms with Gasteiger partial charge in [0.1, 0.15) is 0 Å². The third-order valence-corrected chi connectivity index (χ3v) is 4.13. The minimum absolute atomic E-state index is 0.290. The Bertz CT molecular complexity index is 912. The molecule has 0 bridgehead atoms. The number of hydrogen-bond acceptors (Lipinski definition) is 2. The summed E-state index contributed by atoms with van der Waals surface area (Å²) in [5, 5.41) is 5.72. The van der Waals surface area contributed by atoms with Crippen molar-refractivity contribution in [3.63, 3.8) is 0 Å². The Hall–Kier alpha value is -2.59. The number of hydrogen-bond donors (Lipinski definition) is 1. The Morgan fingerprint density at radius 2 is 2.00 bits per heavy atom. The molecule has 3 rings (SSSR count). The number of hydrazone groups is 1. The monoisotopic (exact) mass is 325 g/mol. The van der Waals surface area contributed by atoms with Gasteiger partial charge in [-0.1, -0.05) is 35.9 Å². The van der Waals surface area contributed by atoms with Crippen molar-refractivity contribution in [1.82, 2.24) is 9.99 Å². The van der Waals surface area contributed by atoms with Crippen LogP contribution in [0, 0.1) is 6.92 Å². The van der Waals surface area contributed by atoms with Crippen LogP contribution < -0.4 is 5.43 Å². The molecule has 0 spiro atoms. The lowest BCUT2D eigenvalue weighted by Crippen LogP contribution is -2.17. The molecule has 4 nitrogen and oxygen atoms in total. The van der Waals surface area contributed by atoms with Gasteiger partial charge in [-0.3, -0.25) is 4.79 Å². The number of amides is 1. The van der Waals surface area contributed by atoms with Crippen LogP contribution in [-0.4, -0.2) is 16.7 Å². The molecular formula is C18H16ClN3O. The van der Waals surface area contributed by atoms with Gasteiger partial charge in [-0.15, -0.1) is 0 Å². The zero-order chi connectivity index (χ0) is 16.4. The number of benzene rings is 2. The first-order valence-electron chi connectivity index (χ1n) is 7.21. The minimum Gasteiger partial charge on any atom is -0.347 e. The van der Waals surface area contributed by atoms with Crippen LogP contribution in [0.2, 0.25) is 5.02 Å². The molecule has 0 saturated heterocycles. The van der Waals surface area contributed by atoms with Crippen LogP contribution in [-0.2, 0) is 7.05 Å². The van der Waals surface area contributed by atoms with Crippen molar-refractivity contribution in [3.05, 3.63) is 70.4 Å². The Labute approximate surface area is 139 Å². The highest BCUT2D eigenvalue weighted by Crippen LogP contribution is 2.23. The zero-order valence-electron chi connectivity index (χ0n) is 12.9. The van der Waals surface area contributed by atoms with E-state index in [-0.39, 0.29) is 5.91 Å². The summed E-state index contributed by atoms with van der Waals surface area (Å²) in [6, 6.07) is 14.9. The fourth-order valence-electron chi connectivity index (χ4n) is 2.56. The van der Waals surface area contributed by atoms with E-state index in [9.17, 15) is 4.79 Å². The Morgan fingerprint density at radius 3 is 2.78 bits per heavy atom. The molecule has 0 radical (unpaired) electrons. The smallest absolute Gasteiger partial charge is 0.271 e. The number of para-hydroxylation sites is 1. The Balaban J connectivity index is 1.84. The predicted molar refractivity (Wildman–Crippen MR) is 94.2 cm³/mol. The van der Waals surface area contributed by atoms with Gasteiger partial charge in [0.05, 0.1) is 6.21 Å². The summed E-state index contributed by atoms with van der Waals surface area (Å²) in [5.74, 6) is -0.290. The van der Waals surface area contributed by atoms with Gasteiger partial charge in [0.15, 0.2) is 0 Å². The molecule has 1 aromatic heterocycles. The number of fused-ring (bicyclic) bond motifs is 1. The van der Waals surface area contributed by atoms with E-state index in [0.29, 0.717) is 10.6 Å². The average Bonchev–Trinajstić information content (AvgIpc) is 2.80. The summed E-state index contributed by atoms with van der Waals surface area (Å²) < 4.78 is 2.11. The van der Waals surface area contributed by atoms with Crippen molar-refractivity contribution in [2.45, 2.75) is 6.92 Å². The number of aryl methyl sites for hydroxylation is 1. The van der Waals surface area contributed by atoms with Crippen molar-refractivity contribution < 1.29 is 4.79 Å². The number of rotatable bonds is 3. The number of aromatic nitrogens is 1. The van der Waals surface area contributed by atoms with E-state index in [1.807, 2.05) is 32.2 Å². The largest absolute Gasteiger partial charge is 0.347 e. The predicted octanol–water partition coefficient (Wildman–Crippen LogP) is 3.90. The first-order chi connectivity index (χ1) is 11.1. The molecule has 5 heteroatoms. The molecular weight excluding hydrogens is 310 g/mol. The van der Waals surface area contributed by atoms with Crippen molar-refractivity contribution in [2.75, 3.05) is 0 Å². The number of nitrogens with zero attached hydrogens (tertiary/aromatic N) is 2. The van der Waals surface area contributed by atoms with Crippen molar-refractivity contribution in [2.24, 2.45) is 12.1 Å². The zero-order valence-corrected chi connectivity index (χ0v) is 13.6. The number of carbonyl (C=O) groups excluding carboxylic acids is 1. The van der Waals surface area contributed by atoms with Crippen molar-refractivity contribution in [1.29, 1.82) is 0 Å². The summed E-state index contributed by atoms with van der Waals surface area (Å²) in [5.41, 5.74) is 6.23. The lowest BCUT2D eigenvalue weighted by Gasteiger charge is -2.00. The SMILES string of the molecule is Cc1c(/C=N/NC(=O)c2cccc(Cl)c2)c2ccccc2n1C. The van der Waals surface area contributed by atoms with Crippen molar-refractivity contribution >= 4 is 34.6 Å². The highest BCUT2D eigenvalue weighted by molar-refractivity contribution is 6.30. The van der Waals surface area contributed by atoms with Gasteiger partial charge >= 0.3 is 0 Å². The first-order valence-corrected chi connectivity index (χ1v) is 7.58. The molecule has 1 N–H and O–H groups in total.